The van der Waals surface area contributed by atoms with Crippen LogP contribution in [0.1, 0.15) is 60.3 Å². The normalized spacial score (nSPS) is 18.7. The van der Waals surface area contributed by atoms with Crippen molar-refractivity contribution in [1.29, 1.82) is 0 Å². The Bertz CT molecular complexity index is 225. The van der Waals surface area contributed by atoms with Crippen LogP contribution in [0.5, 0.6) is 0 Å². The maximum absolute atomic E-state index is 12.3. The Kier molecular flexibility index (Phi) is 3.80. The third-order valence-electron chi connectivity index (χ3n) is 3.00. The van der Waals surface area contributed by atoms with Gasteiger partial charge in [-0.2, -0.15) is 0 Å². The fraction of sp³-hybridized carbons (Fsp3) is 0.923. The largest absolute Gasteiger partial charge is 0.337 e. The number of hydrogen-bond donors (Lipinski definition) is 0. The van der Waals surface area contributed by atoms with E-state index in [0.717, 1.165) is 12.8 Å². The van der Waals surface area contributed by atoms with Crippen molar-refractivity contribution in [2.75, 3.05) is 0 Å². The molecule has 1 amide bonds. The minimum atomic E-state index is -0.232. The lowest BCUT2D eigenvalue weighted by Crippen LogP contribution is -2.46. The zero-order chi connectivity index (χ0) is 11.6. The third-order valence-corrected chi connectivity index (χ3v) is 3.00. The van der Waals surface area contributed by atoms with E-state index in [4.69, 9.17) is 0 Å². The molecule has 0 aromatic rings. The van der Waals surface area contributed by atoms with E-state index < -0.39 is 0 Å². The molecule has 15 heavy (non-hydrogen) atoms. The first-order valence-corrected chi connectivity index (χ1v) is 6.20. The second-order valence-electron chi connectivity index (χ2n) is 5.83. The van der Waals surface area contributed by atoms with E-state index in [1.807, 2.05) is 20.8 Å². The molecule has 1 aliphatic carbocycles. The summed E-state index contributed by atoms with van der Waals surface area (Å²) in [4.78, 5) is 14.4. The van der Waals surface area contributed by atoms with Crippen molar-refractivity contribution >= 4 is 5.91 Å². The lowest BCUT2D eigenvalue weighted by atomic mass is 9.93. The number of rotatable bonds is 4. The van der Waals surface area contributed by atoms with Crippen molar-refractivity contribution in [2.24, 2.45) is 5.41 Å². The lowest BCUT2D eigenvalue weighted by Gasteiger charge is -2.34. The van der Waals surface area contributed by atoms with Gasteiger partial charge in [-0.15, -0.1) is 0 Å². The standard InChI is InChI=1S/C13H25NO/c1-6-7-10(2)14(11-8-9-11)12(15)13(3,4)5/h10-11H,6-9H2,1-5H3/t10-/m0/s1. The molecule has 0 N–H and O–H groups in total. The molecule has 0 spiro atoms. The van der Waals surface area contributed by atoms with E-state index in [9.17, 15) is 4.79 Å². The zero-order valence-electron chi connectivity index (χ0n) is 10.8. The van der Waals surface area contributed by atoms with Crippen LogP contribution in [0.15, 0.2) is 0 Å². The Labute approximate surface area is 94.0 Å². The fourth-order valence-corrected chi connectivity index (χ4v) is 2.02. The monoisotopic (exact) mass is 211 g/mol. The molecular weight excluding hydrogens is 186 g/mol. The highest BCUT2D eigenvalue weighted by molar-refractivity contribution is 5.82. The summed E-state index contributed by atoms with van der Waals surface area (Å²) in [5.41, 5.74) is -0.232. The van der Waals surface area contributed by atoms with E-state index in [0.29, 0.717) is 18.0 Å². The van der Waals surface area contributed by atoms with Crippen LogP contribution in [0.2, 0.25) is 0 Å². The molecule has 0 bridgehead atoms. The van der Waals surface area contributed by atoms with Crippen molar-refractivity contribution in [3.8, 4) is 0 Å². The summed E-state index contributed by atoms with van der Waals surface area (Å²) < 4.78 is 0. The van der Waals surface area contributed by atoms with Crippen LogP contribution < -0.4 is 0 Å². The van der Waals surface area contributed by atoms with Gasteiger partial charge >= 0.3 is 0 Å². The smallest absolute Gasteiger partial charge is 0.228 e. The van der Waals surface area contributed by atoms with Gasteiger partial charge in [0.25, 0.3) is 0 Å². The molecular formula is C13H25NO. The number of nitrogens with zero attached hydrogens (tertiary/aromatic N) is 1. The van der Waals surface area contributed by atoms with Gasteiger partial charge in [0.15, 0.2) is 0 Å². The Morgan fingerprint density at radius 1 is 1.40 bits per heavy atom. The van der Waals surface area contributed by atoms with Crippen LogP contribution in [0.4, 0.5) is 0 Å². The molecule has 1 fully saturated rings. The number of hydrogen-bond acceptors (Lipinski definition) is 1. The summed E-state index contributed by atoms with van der Waals surface area (Å²) in [6, 6.07) is 0.951. The Hall–Kier alpha value is -0.530. The van der Waals surface area contributed by atoms with Crippen molar-refractivity contribution < 1.29 is 4.79 Å². The summed E-state index contributed by atoms with van der Waals surface area (Å²) in [6.45, 7) is 10.4. The number of amides is 1. The van der Waals surface area contributed by atoms with Gasteiger partial charge in [-0.1, -0.05) is 34.1 Å². The molecule has 1 atom stereocenters. The molecule has 1 aliphatic rings. The summed E-state index contributed by atoms with van der Waals surface area (Å²) in [5, 5.41) is 0. The predicted octanol–water partition coefficient (Wildman–Crippen LogP) is 3.21. The van der Waals surface area contributed by atoms with Crippen LogP contribution in [0, 0.1) is 5.41 Å². The molecule has 1 rings (SSSR count). The topological polar surface area (TPSA) is 20.3 Å². The van der Waals surface area contributed by atoms with Crippen LogP contribution in [-0.2, 0) is 4.79 Å². The first-order valence-electron chi connectivity index (χ1n) is 6.20. The molecule has 0 radical (unpaired) electrons. The zero-order valence-corrected chi connectivity index (χ0v) is 10.8. The summed E-state index contributed by atoms with van der Waals surface area (Å²) in [7, 11) is 0. The highest BCUT2D eigenvalue weighted by atomic mass is 16.2. The minimum absolute atomic E-state index is 0.232. The quantitative estimate of drug-likeness (QED) is 0.699. The van der Waals surface area contributed by atoms with Crippen LogP contribution in [0.3, 0.4) is 0 Å². The summed E-state index contributed by atoms with van der Waals surface area (Å²) in [5.74, 6) is 0.325. The van der Waals surface area contributed by atoms with Gasteiger partial charge in [0.05, 0.1) is 0 Å². The molecule has 2 heteroatoms. The lowest BCUT2D eigenvalue weighted by molar-refractivity contribution is -0.142. The van der Waals surface area contributed by atoms with Gasteiger partial charge in [-0.05, 0) is 26.2 Å². The fourth-order valence-electron chi connectivity index (χ4n) is 2.02. The molecule has 0 saturated heterocycles. The first-order chi connectivity index (χ1) is 6.88. The molecule has 0 aromatic heterocycles. The minimum Gasteiger partial charge on any atom is -0.337 e. The number of carbonyl (C=O) groups excluding carboxylic acids is 1. The highest BCUT2D eigenvalue weighted by Crippen LogP contribution is 2.33. The van der Waals surface area contributed by atoms with Crippen molar-refractivity contribution in [2.45, 2.75) is 72.4 Å². The maximum Gasteiger partial charge on any atom is 0.228 e. The summed E-state index contributed by atoms with van der Waals surface area (Å²) >= 11 is 0. The first kappa shape index (κ1) is 12.5. The molecule has 0 aromatic carbocycles. The van der Waals surface area contributed by atoms with Crippen molar-refractivity contribution in [1.82, 2.24) is 4.90 Å². The third kappa shape index (κ3) is 3.22. The molecule has 1 saturated carbocycles. The van der Waals surface area contributed by atoms with Gasteiger partial charge in [-0.25, -0.2) is 0 Å². The van der Waals surface area contributed by atoms with E-state index >= 15 is 0 Å². The SMILES string of the molecule is CCC[C@H](C)N(C(=O)C(C)(C)C)C1CC1. The van der Waals surface area contributed by atoms with Crippen molar-refractivity contribution in [3.63, 3.8) is 0 Å². The maximum atomic E-state index is 12.3. The average molecular weight is 211 g/mol. The Morgan fingerprint density at radius 2 is 1.93 bits per heavy atom. The van der Waals surface area contributed by atoms with Gasteiger partial charge in [0.2, 0.25) is 5.91 Å². The molecule has 0 unspecified atom stereocenters. The molecule has 88 valence electrons. The molecule has 2 nitrogen and oxygen atoms in total. The van der Waals surface area contributed by atoms with Crippen molar-refractivity contribution in [3.05, 3.63) is 0 Å². The predicted molar refractivity (Wildman–Crippen MR) is 63.7 cm³/mol. The molecule has 0 aliphatic heterocycles. The van der Waals surface area contributed by atoms with Crippen LogP contribution in [-0.4, -0.2) is 22.9 Å². The second-order valence-corrected chi connectivity index (χ2v) is 5.83. The average Bonchev–Trinajstić information content (AvgIpc) is 2.87. The highest BCUT2D eigenvalue weighted by Gasteiger charge is 2.39. The van der Waals surface area contributed by atoms with Gasteiger partial charge < -0.3 is 4.90 Å². The Morgan fingerprint density at radius 3 is 2.27 bits per heavy atom. The van der Waals surface area contributed by atoms with Gasteiger partial charge in [0.1, 0.15) is 0 Å². The number of carbonyl (C=O) groups is 1. The van der Waals surface area contributed by atoms with E-state index in [1.54, 1.807) is 0 Å². The second kappa shape index (κ2) is 4.54. The van der Waals surface area contributed by atoms with E-state index in [2.05, 4.69) is 18.7 Å². The van der Waals surface area contributed by atoms with Gasteiger partial charge in [-0.3, -0.25) is 4.79 Å². The molecule has 0 heterocycles. The van der Waals surface area contributed by atoms with E-state index in [1.165, 1.54) is 12.8 Å². The summed E-state index contributed by atoms with van der Waals surface area (Å²) in [6.07, 6.45) is 4.69. The van der Waals surface area contributed by atoms with Gasteiger partial charge in [0, 0.05) is 17.5 Å². The van der Waals surface area contributed by atoms with Crippen LogP contribution >= 0.6 is 0 Å². The van der Waals surface area contributed by atoms with E-state index in [-0.39, 0.29) is 5.41 Å². The van der Waals surface area contributed by atoms with Crippen LogP contribution in [0.25, 0.3) is 0 Å². The Balaban J connectivity index is 2.69.